The number of aryl methyl sites for hydroxylation is 1. The Labute approximate surface area is 152 Å². The Bertz CT molecular complexity index is 895. The van der Waals surface area contributed by atoms with Crippen LogP contribution in [0, 0.1) is 6.92 Å². The molecule has 0 aliphatic heterocycles. The molecule has 5 nitrogen and oxygen atoms in total. The van der Waals surface area contributed by atoms with Crippen molar-refractivity contribution in [1.29, 1.82) is 0 Å². The summed E-state index contributed by atoms with van der Waals surface area (Å²) in [6, 6.07) is 22.2. The average Bonchev–Trinajstić information content (AvgIpc) is 2.67. The van der Waals surface area contributed by atoms with E-state index in [4.69, 9.17) is 0 Å². The van der Waals surface area contributed by atoms with Crippen molar-refractivity contribution in [2.24, 2.45) is 0 Å². The number of hydrogen-bond donors (Lipinski definition) is 1. The number of pyridine rings is 1. The molecule has 3 rings (SSSR count). The van der Waals surface area contributed by atoms with Crippen molar-refractivity contribution in [3.05, 3.63) is 90.1 Å². The predicted octanol–water partition coefficient (Wildman–Crippen LogP) is 3.56. The van der Waals surface area contributed by atoms with E-state index in [2.05, 4.69) is 10.3 Å². The van der Waals surface area contributed by atoms with Gasteiger partial charge in [-0.15, -0.1) is 0 Å². The van der Waals surface area contributed by atoms with Gasteiger partial charge in [0, 0.05) is 11.9 Å². The molecule has 0 saturated heterocycles. The second-order valence-electron chi connectivity index (χ2n) is 5.89. The first-order valence-electron chi connectivity index (χ1n) is 8.28. The summed E-state index contributed by atoms with van der Waals surface area (Å²) in [6.45, 7) is 2.20. The maximum absolute atomic E-state index is 12.8. The van der Waals surface area contributed by atoms with E-state index in [-0.39, 0.29) is 0 Å². The van der Waals surface area contributed by atoms with Crippen molar-refractivity contribution in [2.75, 3.05) is 10.2 Å². The molecular formula is C21H19N3O2. The number of nitrogens with one attached hydrogen (secondary N) is 1. The largest absolute Gasteiger partial charge is 0.317 e. The number of carbonyl (C=O) groups is 2. The highest BCUT2D eigenvalue weighted by atomic mass is 16.2. The van der Waals surface area contributed by atoms with Gasteiger partial charge in [0.15, 0.2) is 0 Å². The van der Waals surface area contributed by atoms with Crippen LogP contribution in [-0.2, 0) is 16.1 Å². The molecular weight excluding hydrogens is 326 g/mol. The molecule has 2 aromatic carbocycles. The zero-order valence-electron chi connectivity index (χ0n) is 14.4. The van der Waals surface area contributed by atoms with Crippen molar-refractivity contribution in [3.8, 4) is 0 Å². The highest BCUT2D eigenvalue weighted by Gasteiger charge is 2.24. The Morgan fingerprint density at radius 2 is 1.62 bits per heavy atom. The van der Waals surface area contributed by atoms with E-state index in [1.807, 2.05) is 61.5 Å². The lowest BCUT2D eigenvalue weighted by Crippen LogP contribution is -2.39. The minimum Gasteiger partial charge on any atom is -0.302 e. The fraction of sp³-hybridized carbons (Fsp3) is 0.0952. The summed E-state index contributed by atoms with van der Waals surface area (Å²) in [5.74, 6) is -0.998. The number of hydrogen-bond acceptors (Lipinski definition) is 3. The fourth-order valence-corrected chi connectivity index (χ4v) is 2.55. The molecule has 0 aliphatic rings. The number of aromatic nitrogens is 1. The first-order chi connectivity index (χ1) is 12.6. The number of anilines is 2. The smallest absolute Gasteiger partial charge is 0.302 e. The Morgan fingerprint density at radius 3 is 2.27 bits per heavy atom. The Kier molecular flexibility index (Phi) is 5.39. The third-order valence-corrected chi connectivity index (χ3v) is 3.85. The molecule has 2 amide bonds. The zero-order valence-corrected chi connectivity index (χ0v) is 14.4. The maximum atomic E-state index is 12.8. The zero-order chi connectivity index (χ0) is 18.4. The van der Waals surface area contributed by atoms with Gasteiger partial charge < -0.3 is 5.32 Å². The van der Waals surface area contributed by atoms with Gasteiger partial charge in [-0.2, -0.15) is 0 Å². The number of benzene rings is 2. The van der Waals surface area contributed by atoms with Crippen molar-refractivity contribution in [3.63, 3.8) is 0 Å². The van der Waals surface area contributed by atoms with Crippen molar-refractivity contribution < 1.29 is 9.59 Å². The van der Waals surface area contributed by atoms with E-state index >= 15 is 0 Å². The highest BCUT2D eigenvalue weighted by molar-refractivity contribution is 6.44. The van der Waals surface area contributed by atoms with E-state index in [1.54, 1.807) is 24.4 Å². The molecule has 3 aromatic rings. The first kappa shape index (κ1) is 17.4. The fourth-order valence-electron chi connectivity index (χ4n) is 2.55. The monoisotopic (exact) mass is 345 g/mol. The van der Waals surface area contributed by atoms with Crippen molar-refractivity contribution >= 4 is 23.3 Å². The number of para-hydroxylation sites is 1. The second-order valence-corrected chi connectivity index (χ2v) is 5.89. The van der Waals surface area contributed by atoms with Gasteiger partial charge in [-0.05, 0) is 42.3 Å². The molecule has 0 aliphatic carbocycles. The van der Waals surface area contributed by atoms with Crippen LogP contribution in [0.4, 0.5) is 11.5 Å². The summed E-state index contributed by atoms with van der Waals surface area (Å²) >= 11 is 0. The predicted molar refractivity (Wildman–Crippen MR) is 102 cm³/mol. The third-order valence-electron chi connectivity index (χ3n) is 3.85. The quantitative estimate of drug-likeness (QED) is 0.736. The molecule has 0 fully saturated rings. The molecule has 0 saturated carbocycles. The molecule has 1 heterocycles. The Morgan fingerprint density at radius 1 is 0.962 bits per heavy atom. The van der Waals surface area contributed by atoms with E-state index in [9.17, 15) is 9.59 Å². The normalized spacial score (nSPS) is 10.2. The molecule has 0 radical (unpaired) electrons. The van der Waals surface area contributed by atoms with Gasteiger partial charge in [0.25, 0.3) is 0 Å². The summed E-state index contributed by atoms with van der Waals surface area (Å²) in [4.78, 5) is 30.8. The standard InChI is InChI=1S/C21H19N3O2/c1-16-12-13-22-19(14-16)23-20(25)21(26)24(18-10-6-3-7-11-18)15-17-8-4-2-5-9-17/h2-14H,15H2,1H3,(H,22,23,25). The highest BCUT2D eigenvalue weighted by Crippen LogP contribution is 2.18. The molecule has 1 aromatic heterocycles. The van der Waals surface area contributed by atoms with E-state index in [0.717, 1.165) is 11.1 Å². The topological polar surface area (TPSA) is 62.3 Å². The Balaban J connectivity index is 1.83. The minimum atomic E-state index is -0.720. The van der Waals surface area contributed by atoms with Crippen molar-refractivity contribution in [2.45, 2.75) is 13.5 Å². The lowest BCUT2D eigenvalue weighted by molar-refractivity contribution is -0.134. The van der Waals surface area contributed by atoms with Gasteiger partial charge in [-0.3, -0.25) is 14.5 Å². The van der Waals surface area contributed by atoms with Gasteiger partial charge >= 0.3 is 11.8 Å². The second kappa shape index (κ2) is 8.07. The lowest BCUT2D eigenvalue weighted by Gasteiger charge is -2.22. The van der Waals surface area contributed by atoms with Crippen molar-refractivity contribution in [1.82, 2.24) is 4.98 Å². The van der Waals surface area contributed by atoms with E-state index < -0.39 is 11.8 Å². The number of amides is 2. The van der Waals surface area contributed by atoms with E-state index in [0.29, 0.717) is 18.1 Å². The first-order valence-corrected chi connectivity index (χ1v) is 8.28. The molecule has 130 valence electrons. The minimum absolute atomic E-state index is 0.304. The molecule has 5 heteroatoms. The number of nitrogens with zero attached hydrogens (tertiary/aromatic N) is 2. The third kappa shape index (κ3) is 4.33. The molecule has 0 bridgehead atoms. The van der Waals surface area contributed by atoms with Gasteiger partial charge in [0.2, 0.25) is 0 Å². The summed E-state index contributed by atoms with van der Waals surface area (Å²) in [5.41, 5.74) is 2.55. The van der Waals surface area contributed by atoms with Crippen LogP contribution in [-0.4, -0.2) is 16.8 Å². The lowest BCUT2D eigenvalue weighted by atomic mass is 10.2. The summed E-state index contributed by atoms with van der Waals surface area (Å²) < 4.78 is 0. The molecule has 0 atom stereocenters. The van der Waals surface area contributed by atoms with E-state index in [1.165, 1.54) is 4.90 Å². The number of rotatable bonds is 4. The van der Waals surface area contributed by atoms with Crippen LogP contribution in [0.3, 0.4) is 0 Å². The summed E-state index contributed by atoms with van der Waals surface area (Å²) in [6.07, 6.45) is 1.59. The van der Waals surface area contributed by atoms with Crippen LogP contribution in [0.1, 0.15) is 11.1 Å². The van der Waals surface area contributed by atoms with Gasteiger partial charge in [-0.25, -0.2) is 4.98 Å². The van der Waals surface area contributed by atoms with Gasteiger partial charge in [0.1, 0.15) is 5.82 Å². The molecule has 26 heavy (non-hydrogen) atoms. The van der Waals surface area contributed by atoms with Crippen LogP contribution in [0.5, 0.6) is 0 Å². The number of carbonyl (C=O) groups excluding carboxylic acids is 2. The van der Waals surface area contributed by atoms with Crippen LogP contribution in [0.25, 0.3) is 0 Å². The molecule has 0 spiro atoms. The average molecular weight is 345 g/mol. The summed E-state index contributed by atoms with van der Waals surface area (Å²) in [5, 5.41) is 2.58. The summed E-state index contributed by atoms with van der Waals surface area (Å²) in [7, 11) is 0. The SMILES string of the molecule is Cc1ccnc(NC(=O)C(=O)N(Cc2ccccc2)c2ccccc2)c1. The Hall–Kier alpha value is -3.47. The van der Waals surface area contributed by atoms with Gasteiger partial charge in [0.05, 0.1) is 6.54 Å². The van der Waals surface area contributed by atoms with Crippen LogP contribution < -0.4 is 10.2 Å². The van der Waals surface area contributed by atoms with Crippen LogP contribution >= 0.6 is 0 Å². The molecule has 1 N–H and O–H groups in total. The van der Waals surface area contributed by atoms with Crippen LogP contribution in [0.15, 0.2) is 79.0 Å². The maximum Gasteiger partial charge on any atom is 0.317 e. The molecule has 0 unspecified atom stereocenters. The van der Waals surface area contributed by atoms with Crippen LogP contribution in [0.2, 0.25) is 0 Å². The van der Waals surface area contributed by atoms with Gasteiger partial charge in [-0.1, -0.05) is 48.5 Å².